The number of aromatic nitrogens is 2. The molecular weight excluding hydrogens is 498 g/mol. The average molecular weight is 534 g/mol. The van der Waals surface area contributed by atoms with Crippen LogP contribution in [-0.2, 0) is 32.0 Å². The number of hydrogen-bond acceptors (Lipinski definition) is 7. The van der Waals surface area contributed by atoms with Gasteiger partial charge >= 0.3 is 5.97 Å². The molecule has 2 N–H and O–H groups in total. The number of methoxy groups -OCH3 is 1. The Hall–Kier alpha value is -3.92. The monoisotopic (exact) mass is 533 g/mol. The highest BCUT2D eigenvalue weighted by Crippen LogP contribution is 2.34. The third kappa shape index (κ3) is 5.90. The van der Waals surface area contributed by atoms with Crippen LogP contribution in [0.25, 0.3) is 11.0 Å². The van der Waals surface area contributed by atoms with E-state index in [1.54, 1.807) is 13.1 Å². The summed E-state index contributed by atoms with van der Waals surface area (Å²) < 4.78 is 12.6. The molecule has 2 aromatic heterocycles. The van der Waals surface area contributed by atoms with E-state index in [9.17, 15) is 14.4 Å². The van der Waals surface area contributed by atoms with Crippen molar-refractivity contribution in [3.05, 3.63) is 53.9 Å². The molecule has 1 atom stereocenters. The topological polar surface area (TPSA) is 115 Å². The number of hydrogen-bond donors (Lipinski definition) is 2. The first-order valence-electron chi connectivity index (χ1n) is 13.5. The number of rotatable bonds is 8. The van der Waals surface area contributed by atoms with Crippen LogP contribution in [-0.4, -0.2) is 71.2 Å². The number of likely N-dealkylation sites (tertiary alicyclic amines) is 1. The molecule has 10 heteroatoms. The fourth-order valence-corrected chi connectivity index (χ4v) is 5.41. The molecule has 1 aromatic carbocycles. The Morgan fingerprint density at radius 2 is 1.90 bits per heavy atom. The third-order valence-electron chi connectivity index (χ3n) is 7.53. The summed E-state index contributed by atoms with van der Waals surface area (Å²) in [7, 11) is 1.33. The van der Waals surface area contributed by atoms with E-state index in [4.69, 9.17) is 14.5 Å². The fraction of sp³-hybridized carbons (Fsp3) is 0.448. The van der Waals surface area contributed by atoms with Gasteiger partial charge in [0.15, 0.2) is 5.69 Å². The molecule has 10 nitrogen and oxygen atoms in total. The number of carbonyl (C=O) groups excluding carboxylic acids is 3. The minimum Gasteiger partial charge on any atom is -0.464 e. The number of benzene rings is 1. The Kier molecular flexibility index (Phi) is 8.11. The fourth-order valence-electron chi connectivity index (χ4n) is 5.41. The first-order valence-corrected chi connectivity index (χ1v) is 13.5. The maximum atomic E-state index is 13.1. The number of piperidine rings is 1. The van der Waals surface area contributed by atoms with Gasteiger partial charge in [-0.25, -0.2) is 9.78 Å². The first kappa shape index (κ1) is 26.7. The minimum atomic E-state index is -0.557. The van der Waals surface area contributed by atoms with Crippen LogP contribution in [0.15, 0.2) is 42.6 Å². The zero-order valence-electron chi connectivity index (χ0n) is 22.4. The van der Waals surface area contributed by atoms with Crippen molar-refractivity contribution in [1.82, 2.24) is 14.5 Å². The second-order valence-electron chi connectivity index (χ2n) is 10.1. The van der Waals surface area contributed by atoms with Crippen molar-refractivity contribution in [3.8, 4) is 0 Å². The van der Waals surface area contributed by atoms with Crippen LogP contribution in [0, 0.1) is 0 Å². The van der Waals surface area contributed by atoms with Gasteiger partial charge in [0.1, 0.15) is 11.8 Å². The highest BCUT2D eigenvalue weighted by atomic mass is 16.5. The Balaban J connectivity index is 1.50. The van der Waals surface area contributed by atoms with E-state index >= 15 is 0 Å². The summed E-state index contributed by atoms with van der Waals surface area (Å²) in [6.45, 7) is 4.02. The zero-order chi connectivity index (χ0) is 27.4. The van der Waals surface area contributed by atoms with Gasteiger partial charge in [-0.3, -0.25) is 9.59 Å². The molecule has 2 saturated heterocycles. The standard InChI is InChI=1S/C29H35N5O5/c1-19(35)33-13-11-21(12-14-33)31-22-17-23-25(32-28(36)24-9-6-16-39-24)26(29(37)38-2)34(27(23)30-18-22)15-10-20-7-4-3-5-8-20/h3-5,7-8,17-18,21,24,31H,6,9-16H2,1-2H3,(H,32,36)/t24-/m1/s1. The van der Waals surface area contributed by atoms with Crippen molar-refractivity contribution in [3.63, 3.8) is 0 Å². The van der Waals surface area contributed by atoms with Crippen LogP contribution in [0.1, 0.15) is 48.7 Å². The Morgan fingerprint density at radius 1 is 1.13 bits per heavy atom. The second kappa shape index (κ2) is 11.9. The van der Waals surface area contributed by atoms with E-state index in [1.807, 2.05) is 45.9 Å². The molecule has 0 unspecified atom stereocenters. The number of anilines is 2. The Morgan fingerprint density at radius 3 is 2.56 bits per heavy atom. The van der Waals surface area contributed by atoms with Crippen molar-refractivity contribution in [1.29, 1.82) is 0 Å². The van der Waals surface area contributed by atoms with Gasteiger partial charge in [0, 0.05) is 44.6 Å². The smallest absolute Gasteiger partial charge is 0.356 e. The summed E-state index contributed by atoms with van der Waals surface area (Å²) in [6, 6.07) is 12.1. The van der Waals surface area contributed by atoms with Crippen molar-refractivity contribution >= 4 is 40.2 Å². The second-order valence-corrected chi connectivity index (χ2v) is 10.1. The van der Waals surface area contributed by atoms with Gasteiger partial charge in [0.05, 0.1) is 24.7 Å². The normalized spacial score (nSPS) is 17.8. The summed E-state index contributed by atoms with van der Waals surface area (Å²) in [6.07, 6.45) is 4.97. The predicted octanol–water partition coefficient (Wildman–Crippen LogP) is 3.61. The maximum Gasteiger partial charge on any atom is 0.356 e. The highest BCUT2D eigenvalue weighted by Gasteiger charge is 2.30. The molecule has 206 valence electrons. The quantitative estimate of drug-likeness (QED) is 0.425. The van der Waals surface area contributed by atoms with Crippen LogP contribution in [0.5, 0.6) is 0 Å². The summed E-state index contributed by atoms with van der Waals surface area (Å²) in [5.74, 6) is -0.736. The molecule has 39 heavy (non-hydrogen) atoms. The lowest BCUT2D eigenvalue weighted by Crippen LogP contribution is -2.41. The third-order valence-corrected chi connectivity index (χ3v) is 7.53. The lowest BCUT2D eigenvalue weighted by atomic mass is 10.0. The molecule has 2 aliphatic rings. The molecule has 0 bridgehead atoms. The van der Waals surface area contributed by atoms with E-state index in [2.05, 4.69) is 10.6 Å². The number of nitrogens with one attached hydrogen (secondary N) is 2. The number of fused-ring (bicyclic) bond motifs is 1. The van der Waals surface area contributed by atoms with Crippen LogP contribution in [0.4, 0.5) is 11.4 Å². The summed E-state index contributed by atoms with van der Waals surface area (Å²) in [5, 5.41) is 7.17. The van der Waals surface area contributed by atoms with E-state index in [1.165, 1.54) is 7.11 Å². The molecule has 0 spiro atoms. The van der Waals surface area contributed by atoms with Gasteiger partial charge in [0.2, 0.25) is 5.91 Å². The molecule has 0 radical (unpaired) electrons. The molecule has 0 saturated carbocycles. The van der Waals surface area contributed by atoms with Gasteiger partial charge < -0.3 is 29.6 Å². The largest absolute Gasteiger partial charge is 0.464 e. The van der Waals surface area contributed by atoms with Gasteiger partial charge in [-0.2, -0.15) is 0 Å². The minimum absolute atomic E-state index is 0.0929. The molecule has 2 aliphatic heterocycles. The lowest BCUT2D eigenvalue weighted by molar-refractivity contribution is -0.129. The molecule has 0 aliphatic carbocycles. The lowest BCUT2D eigenvalue weighted by Gasteiger charge is -2.32. The zero-order valence-corrected chi connectivity index (χ0v) is 22.4. The molecule has 5 rings (SSSR count). The van der Waals surface area contributed by atoms with E-state index in [0.29, 0.717) is 55.8 Å². The highest BCUT2D eigenvalue weighted by molar-refractivity contribution is 6.12. The number of nitrogens with zero attached hydrogens (tertiary/aromatic N) is 3. The van der Waals surface area contributed by atoms with E-state index in [0.717, 1.165) is 30.5 Å². The van der Waals surface area contributed by atoms with Crippen LogP contribution < -0.4 is 10.6 Å². The van der Waals surface area contributed by atoms with Crippen LogP contribution >= 0.6 is 0 Å². The summed E-state index contributed by atoms with van der Waals surface area (Å²) in [4.78, 5) is 44.6. The summed E-state index contributed by atoms with van der Waals surface area (Å²) in [5.41, 5.74) is 3.14. The van der Waals surface area contributed by atoms with Gasteiger partial charge in [-0.05, 0) is 43.7 Å². The number of carbonyl (C=O) groups is 3. The number of pyridine rings is 1. The number of ether oxygens (including phenoxy) is 2. The van der Waals surface area contributed by atoms with Gasteiger partial charge in [0.25, 0.3) is 5.91 Å². The number of esters is 1. The predicted molar refractivity (Wildman–Crippen MR) is 148 cm³/mol. The summed E-state index contributed by atoms with van der Waals surface area (Å²) >= 11 is 0. The van der Waals surface area contributed by atoms with Crippen molar-refractivity contribution in [2.45, 2.75) is 57.7 Å². The molecule has 3 aromatic rings. The SMILES string of the molecule is COC(=O)c1c(NC(=O)[C@H]2CCCO2)c2cc(NC3CCN(C(C)=O)CC3)cnc2n1CCc1ccccc1. The Labute approximate surface area is 227 Å². The van der Waals surface area contributed by atoms with Gasteiger partial charge in [-0.1, -0.05) is 30.3 Å². The molecule has 2 amide bonds. The number of aryl methyl sites for hydroxylation is 2. The maximum absolute atomic E-state index is 13.1. The first-order chi connectivity index (χ1) is 18.9. The number of amides is 2. The van der Waals surface area contributed by atoms with Crippen molar-refractivity contribution in [2.75, 3.05) is 37.4 Å². The van der Waals surface area contributed by atoms with E-state index in [-0.39, 0.29) is 23.6 Å². The Bertz CT molecular complexity index is 1340. The van der Waals surface area contributed by atoms with Crippen LogP contribution in [0.3, 0.4) is 0 Å². The molecular formula is C29H35N5O5. The molecule has 4 heterocycles. The van der Waals surface area contributed by atoms with Crippen LogP contribution in [0.2, 0.25) is 0 Å². The average Bonchev–Trinajstić information content (AvgIpc) is 3.59. The van der Waals surface area contributed by atoms with Gasteiger partial charge in [-0.15, -0.1) is 0 Å². The molecule has 2 fully saturated rings. The van der Waals surface area contributed by atoms with Crippen molar-refractivity contribution in [2.24, 2.45) is 0 Å². The van der Waals surface area contributed by atoms with Crippen molar-refractivity contribution < 1.29 is 23.9 Å². The van der Waals surface area contributed by atoms with E-state index < -0.39 is 12.1 Å².